The molecule has 0 bridgehead atoms. The number of benzene rings is 1. The van der Waals surface area contributed by atoms with E-state index in [4.69, 9.17) is 11.6 Å². The van der Waals surface area contributed by atoms with E-state index in [1.165, 1.54) is 17.8 Å². The minimum Gasteiger partial charge on any atom is -0.342 e. The van der Waals surface area contributed by atoms with E-state index >= 15 is 0 Å². The van der Waals surface area contributed by atoms with Crippen molar-refractivity contribution in [2.24, 2.45) is 5.92 Å². The van der Waals surface area contributed by atoms with Crippen LogP contribution in [0.15, 0.2) is 29.6 Å². The van der Waals surface area contributed by atoms with Gasteiger partial charge in [-0.2, -0.15) is 0 Å². The lowest BCUT2D eigenvalue weighted by Crippen LogP contribution is -2.39. The first kappa shape index (κ1) is 18.7. The van der Waals surface area contributed by atoms with Crippen molar-refractivity contribution in [1.29, 1.82) is 0 Å². The third-order valence-corrected chi connectivity index (χ3v) is 5.24. The molecule has 0 unspecified atom stereocenters. The van der Waals surface area contributed by atoms with Crippen molar-refractivity contribution in [2.75, 3.05) is 23.7 Å². The SMILES string of the molecule is C[C@@H]1CCCN(C(=O)Cc2csc(NC(=O)Nc3cccc(Cl)c3)n2)C1. The number of piperidine rings is 1. The Balaban J connectivity index is 1.52. The maximum absolute atomic E-state index is 12.4. The summed E-state index contributed by atoms with van der Waals surface area (Å²) in [6, 6.07) is 6.50. The normalized spacial score (nSPS) is 17.0. The molecule has 0 spiro atoms. The zero-order valence-corrected chi connectivity index (χ0v) is 16.1. The largest absolute Gasteiger partial charge is 0.342 e. The smallest absolute Gasteiger partial charge is 0.325 e. The molecule has 1 aliphatic heterocycles. The summed E-state index contributed by atoms with van der Waals surface area (Å²) in [7, 11) is 0. The van der Waals surface area contributed by atoms with E-state index in [1.54, 1.807) is 29.6 Å². The van der Waals surface area contributed by atoms with Crippen LogP contribution < -0.4 is 10.6 Å². The molecule has 8 heteroatoms. The molecule has 6 nitrogen and oxygen atoms in total. The van der Waals surface area contributed by atoms with Gasteiger partial charge < -0.3 is 10.2 Å². The number of nitrogens with one attached hydrogen (secondary N) is 2. The molecule has 1 atom stereocenters. The summed E-state index contributed by atoms with van der Waals surface area (Å²) >= 11 is 7.20. The van der Waals surface area contributed by atoms with Crippen LogP contribution in [0.5, 0.6) is 0 Å². The topological polar surface area (TPSA) is 74.3 Å². The molecule has 0 aliphatic carbocycles. The fraction of sp³-hybridized carbons (Fsp3) is 0.389. The predicted molar refractivity (Wildman–Crippen MR) is 105 cm³/mol. The van der Waals surface area contributed by atoms with Gasteiger partial charge in [-0.15, -0.1) is 11.3 Å². The van der Waals surface area contributed by atoms with Crippen LogP contribution in [0.25, 0.3) is 0 Å². The summed E-state index contributed by atoms with van der Waals surface area (Å²) in [6.45, 7) is 3.80. The van der Waals surface area contributed by atoms with Gasteiger partial charge in [0.1, 0.15) is 0 Å². The Hall–Kier alpha value is -2.12. The average molecular weight is 393 g/mol. The Morgan fingerprint density at radius 3 is 3.00 bits per heavy atom. The van der Waals surface area contributed by atoms with E-state index < -0.39 is 6.03 Å². The van der Waals surface area contributed by atoms with E-state index in [0.29, 0.717) is 27.5 Å². The third kappa shape index (κ3) is 5.19. The molecule has 138 valence electrons. The highest BCUT2D eigenvalue weighted by Crippen LogP contribution is 2.20. The van der Waals surface area contributed by atoms with E-state index in [2.05, 4.69) is 22.5 Å². The fourth-order valence-electron chi connectivity index (χ4n) is 2.95. The van der Waals surface area contributed by atoms with Crippen LogP contribution in [0.4, 0.5) is 15.6 Å². The van der Waals surface area contributed by atoms with Crippen LogP contribution in [0.3, 0.4) is 0 Å². The molecule has 1 aromatic heterocycles. The van der Waals surface area contributed by atoms with Crippen molar-refractivity contribution in [3.8, 4) is 0 Å². The second kappa shape index (κ2) is 8.51. The molecule has 3 rings (SSSR count). The van der Waals surface area contributed by atoms with Crippen LogP contribution in [0.1, 0.15) is 25.5 Å². The Kier molecular flexibility index (Phi) is 6.11. The lowest BCUT2D eigenvalue weighted by molar-refractivity contribution is -0.132. The third-order valence-electron chi connectivity index (χ3n) is 4.20. The molecular weight excluding hydrogens is 372 g/mol. The first-order valence-corrected chi connectivity index (χ1v) is 9.81. The van der Waals surface area contributed by atoms with Crippen molar-refractivity contribution < 1.29 is 9.59 Å². The van der Waals surface area contributed by atoms with Crippen molar-refractivity contribution in [2.45, 2.75) is 26.2 Å². The van der Waals surface area contributed by atoms with Gasteiger partial charge in [-0.05, 0) is 37.0 Å². The molecule has 1 saturated heterocycles. The number of urea groups is 1. The molecular formula is C18H21ClN4O2S. The van der Waals surface area contributed by atoms with Gasteiger partial charge in [-0.25, -0.2) is 9.78 Å². The van der Waals surface area contributed by atoms with Crippen molar-refractivity contribution in [3.05, 3.63) is 40.4 Å². The van der Waals surface area contributed by atoms with Gasteiger partial charge in [0.05, 0.1) is 12.1 Å². The van der Waals surface area contributed by atoms with Crippen LogP contribution in [0, 0.1) is 5.92 Å². The number of carbonyl (C=O) groups excluding carboxylic acids is 2. The number of thiazole rings is 1. The van der Waals surface area contributed by atoms with Crippen molar-refractivity contribution in [1.82, 2.24) is 9.88 Å². The van der Waals surface area contributed by atoms with Gasteiger partial charge in [0, 0.05) is 29.2 Å². The Labute approximate surface area is 161 Å². The van der Waals surface area contributed by atoms with Gasteiger partial charge in [0.15, 0.2) is 5.13 Å². The summed E-state index contributed by atoms with van der Waals surface area (Å²) < 4.78 is 0. The molecule has 2 aromatic rings. The van der Waals surface area contributed by atoms with Crippen LogP contribution in [-0.4, -0.2) is 34.9 Å². The average Bonchev–Trinajstić information content (AvgIpc) is 3.01. The zero-order valence-electron chi connectivity index (χ0n) is 14.5. The van der Waals surface area contributed by atoms with Crippen LogP contribution in [0.2, 0.25) is 5.02 Å². The fourth-order valence-corrected chi connectivity index (χ4v) is 3.85. The Morgan fingerprint density at radius 1 is 1.38 bits per heavy atom. The highest BCUT2D eigenvalue weighted by atomic mass is 35.5. The molecule has 3 amide bonds. The summed E-state index contributed by atoms with van der Waals surface area (Å²) in [5.41, 5.74) is 1.28. The number of aromatic nitrogens is 1. The van der Waals surface area contributed by atoms with Crippen LogP contribution in [-0.2, 0) is 11.2 Å². The summed E-state index contributed by atoms with van der Waals surface area (Å²) in [5, 5.41) is 8.18. The number of hydrogen-bond donors (Lipinski definition) is 2. The molecule has 1 aliphatic rings. The maximum atomic E-state index is 12.4. The quantitative estimate of drug-likeness (QED) is 0.817. The van der Waals surface area contributed by atoms with Crippen molar-refractivity contribution >= 4 is 45.7 Å². The van der Waals surface area contributed by atoms with Gasteiger partial charge in [-0.3, -0.25) is 10.1 Å². The minimum absolute atomic E-state index is 0.0942. The zero-order chi connectivity index (χ0) is 18.5. The number of amides is 3. The number of likely N-dealkylation sites (tertiary alicyclic amines) is 1. The molecule has 0 saturated carbocycles. The molecule has 2 heterocycles. The van der Waals surface area contributed by atoms with Crippen LogP contribution >= 0.6 is 22.9 Å². The second-order valence-corrected chi connectivity index (χ2v) is 7.79. The molecule has 0 radical (unpaired) electrons. The Bertz CT molecular complexity index is 795. The first-order valence-electron chi connectivity index (χ1n) is 8.55. The second-order valence-electron chi connectivity index (χ2n) is 6.50. The lowest BCUT2D eigenvalue weighted by Gasteiger charge is -2.30. The van der Waals surface area contributed by atoms with E-state index in [-0.39, 0.29) is 12.3 Å². The van der Waals surface area contributed by atoms with Gasteiger partial charge in [0.2, 0.25) is 5.91 Å². The number of anilines is 2. The minimum atomic E-state index is -0.399. The standard InChI is InChI=1S/C18H21ClN4O2S/c1-12-4-3-7-23(10-12)16(24)9-15-11-26-18(21-15)22-17(25)20-14-6-2-5-13(19)8-14/h2,5-6,8,11-12H,3-4,7,9-10H2,1H3,(H2,20,21,22,25)/t12-/m1/s1. The highest BCUT2D eigenvalue weighted by Gasteiger charge is 2.21. The molecule has 1 fully saturated rings. The monoisotopic (exact) mass is 392 g/mol. The number of hydrogen-bond acceptors (Lipinski definition) is 4. The van der Waals surface area contributed by atoms with Gasteiger partial charge in [-0.1, -0.05) is 24.6 Å². The number of halogens is 1. The van der Waals surface area contributed by atoms with Gasteiger partial charge in [0.25, 0.3) is 0 Å². The summed E-state index contributed by atoms with van der Waals surface area (Å²) in [6.07, 6.45) is 2.50. The van der Waals surface area contributed by atoms with Crippen molar-refractivity contribution in [3.63, 3.8) is 0 Å². The lowest BCUT2D eigenvalue weighted by atomic mass is 10.00. The molecule has 2 N–H and O–H groups in total. The van der Waals surface area contributed by atoms with E-state index in [0.717, 1.165) is 19.5 Å². The summed E-state index contributed by atoms with van der Waals surface area (Å²) in [4.78, 5) is 30.7. The van der Waals surface area contributed by atoms with E-state index in [9.17, 15) is 9.59 Å². The number of rotatable bonds is 4. The predicted octanol–water partition coefficient (Wildman–Crippen LogP) is 4.24. The number of carbonyl (C=O) groups is 2. The molecule has 26 heavy (non-hydrogen) atoms. The van der Waals surface area contributed by atoms with Gasteiger partial charge >= 0.3 is 6.03 Å². The number of nitrogens with zero attached hydrogens (tertiary/aromatic N) is 2. The highest BCUT2D eigenvalue weighted by molar-refractivity contribution is 7.14. The first-order chi connectivity index (χ1) is 12.5. The summed E-state index contributed by atoms with van der Waals surface area (Å²) in [5.74, 6) is 0.646. The Morgan fingerprint density at radius 2 is 2.23 bits per heavy atom. The maximum Gasteiger partial charge on any atom is 0.325 e. The molecule has 1 aromatic carbocycles. The van der Waals surface area contributed by atoms with E-state index in [1.807, 2.05) is 4.90 Å².